The largest absolute Gasteiger partial charge is 0.477 e. The molecule has 0 atom stereocenters. The number of fused-ring (bicyclic) bond motifs is 2. The number of ether oxygens (including phenoxy) is 1. The van der Waals surface area contributed by atoms with Gasteiger partial charge in [-0.3, -0.25) is 9.78 Å². The van der Waals surface area contributed by atoms with Gasteiger partial charge in [-0.05, 0) is 43.0 Å². The maximum Gasteiger partial charge on any atom is 0.434 e. The smallest absolute Gasteiger partial charge is 0.434 e. The molecule has 2 aliphatic rings. The van der Waals surface area contributed by atoms with Crippen molar-refractivity contribution in [2.24, 2.45) is 0 Å². The molecule has 0 unspecified atom stereocenters. The van der Waals surface area contributed by atoms with Crippen LogP contribution in [0.3, 0.4) is 0 Å². The molecule has 0 bridgehead atoms. The van der Waals surface area contributed by atoms with Crippen LogP contribution in [0.2, 0.25) is 0 Å². The average Bonchev–Trinajstić information content (AvgIpc) is 3.14. The highest BCUT2D eigenvalue weighted by molar-refractivity contribution is 7.14. The van der Waals surface area contributed by atoms with Gasteiger partial charge in [0.1, 0.15) is 10.5 Å². The number of hydrogen-bond donors (Lipinski definition) is 1. The first kappa shape index (κ1) is 19.8. The van der Waals surface area contributed by atoms with E-state index in [0.717, 1.165) is 22.7 Å². The lowest BCUT2D eigenvalue weighted by Crippen LogP contribution is -2.48. The summed E-state index contributed by atoms with van der Waals surface area (Å²) in [6.45, 7) is 0.868. The van der Waals surface area contributed by atoms with Crippen molar-refractivity contribution in [3.63, 3.8) is 0 Å². The SMILES string of the molecule is O=C(O)c1cc2c(s1)C1(CCN(C(=O)c3cccnc3C(F)(F)F)CC1)OCC2. The molecule has 0 radical (unpaired) electrons. The van der Waals surface area contributed by atoms with Gasteiger partial charge in [0.15, 0.2) is 5.69 Å². The molecule has 0 aromatic carbocycles. The van der Waals surface area contributed by atoms with Gasteiger partial charge in [0.2, 0.25) is 0 Å². The van der Waals surface area contributed by atoms with Gasteiger partial charge in [-0.15, -0.1) is 11.3 Å². The number of hydrogen-bond acceptors (Lipinski definition) is 5. The highest BCUT2D eigenvalue weighted by Crippen LogP contribution is 2.45. The Morgan fingerprint density at radius 1 is 1.28 bits per heavy atom. The van der Waals surface area contributed by atoms with E-state index in [4.69, 9.17) is 4.74 Å². The first-order valence-corrected chi connectivity index (χ1v) is 9.85. The number of carboxylic acids is 1. The molecule has 154 valence electrons. The Bertz CT molecular complexity index is 965. The van der Waals surface area contributed by atoms with E-state index in [1.54, 1.807) is 6.07 Å². The molecular weight excluding hydrogens is 409 g/mol. The number of nitrogens with zero attached hydrogens (tertiary/aromatic N) is 2. The van der Waals surface area contributed by atoms with Crippen molar-refractivity contribution in [2.75, 3.05) is 19.7 Å². The molecule has 1 spiro atoms. The summed E-state index contributed by atoms with van der Waals surface area (Å²) in [4.78, 5) is 29.9. The summed E-state index contributed by atoms with van der Waals surface area (Å²) in [6.07, 6.45) is -2.29. The third-order valence-corrected chi connectivity index (χ3v) is 6.70. The van der Waals surface area contributed by atoms with Crippen molar-refractivity contribution in [1.29, 1.82) is 0 Å². The van der Waals surface area contributed by atoms with Crippen molar-refractivity contribution < 1.29 is 32.6 Å². The molecule has 2 aromatic rings. The predicted molar refractivity (Wildman–Crippen MR) is 97.0 cm³/mol. The third-order valence-electron chi connectivity index (χ3n) is 5.35. The number of thiophene rings is 1. The van der Waals surface area contributed by atoms with Crippen molar-refractivity contribution in [1.82, 2.24) is 9.88 Å². The van der Waals surface area contributed by atoms with Crippen LogP contribution < -0.4 is 0 Å². The Balaban J connectivity index is 1.56. The first-order valence-electron chi connectivity index (χ1n) is 9.03. The van der Waals surface area contributed by atoms with Crippen LogP contribution in [-0.2, 0) is 22.9 Å². The second-order valence-electron chi connectivity index (χ2n) is 7.05. The fraction of sp³-hybridized carbons (Fsp3) is 0.421. The number of aromatic carboxylic acids is 1. The highest BCUT2D eigenvalue weighted by atomic mass is 32.1. The number of pyridine rings is 1. The van der Waals surface area contributed by atoms with Crippen molar-refractivity contribution in [2.45, 2.75) is 31.0 Å². The summed E-state index contributed by atoms with van der Waals surface area (Å²) in [6, 6.07) is 4.11. The van der Waals surface area contributed by atoms with Gasteiger partial charge in [-0.1, -0.05) is 0 Å². The summed E-state index contributed by atoms with van der Waals surface area (Å²) in [7, 11) is 0. The van der Waals surface area contributed by atoms with E-state index < -0.39 is 34.9 Å². The second-order valence-corrected chi connectivity index (χ2v) is 8.10. The Morgan fingerprint density at radius 2 is 2.00 bits per heavy atom. The number of piperidine rings is 1. The molecule has 29 heavy (non-hydrogen) atoms. The number of aromatic nitrogens is 1. The zero-order valence-electron chi connectivity index (χ0n) is 15.2. The molecule has 4 heterocycles. The van der Waals surface area contributed by atoms with Crippen LogP contribution >= 0.6 is 11.3 Å². The third kappa shape index (κ3) is 3.51. The number of carbonyl (C=O) groups is 2. The zero-order chi connectivity index (χ0) is 20.8. The highest BCUT2D eigenvalue weighted by Gasteiger charge is 2.45. The Hall–Kier alpha value is -2.46. The minimum atomic E-state index is -4.71. The summed E-state index contributed by atoms with van der Waals surface area (Å²) < 4.78 is 45.6. The van der Waals surface area contributed by atoms with Crippen molar-refractivity contribution >= 4 is 23.2 Å². The Labute approximate surface area is 167 Å². The van der Waals surface area contributed by atoms with E-state index in [1.807, 2.05) is 0 Å². The van der Waals surface area contributed by atoms with E-state index in [-0.39, 0.29) is 18.0 Å². The predicted octanol–water partition coefficient (Wildman–Crippen LogP) is 3.56. The van der Waals surface area contributed by atoms with Crippen LogP contribution in [0.15, 0.2) is 24.4 Å². The van der Waals surface area contributed by atoms with E-state index in [2.05, 4.69) is 4.98 Å². The van der Waals surface area contributed by atoms with Gasteiger partial charge < -0.3 is 14.7 Å². The monoisotopic (exact) mass is 426 g/mol. The fourth-order valence-electron chi connectivity index (χ4n) is 3.94. The molecule has 10 heteroatoms. The van der Waals surface area contributed by atoms with E-state index in [0.29, 0.717) is 25.9 Å². The lowest BCUT2D eigenvalue weighted by molar-refractivity contribution is -0.141. The molecule has 0 aliphatic carbocycles. The number of amides is 1. The van der Waals surface area contributed by atoms with Crippen LogP contribution in [0.5, 0.6) is 0 Å². The summed E-state index contributed by atoms with van der Waals surface area (Å²) in [5, 5.41) is 9.27. The second kappa shape index (κ2) is 7.10. The molecule has 1 fully saturated rings. The summed E-state index contributed by atoms with van der Waals surface area (Å²) in [5.74, 6) is -1.71. The van der Waals surface area contributed by atoms with Crippen molar-refractivity contribution in [3.05, 3.63) is 51.0 Å². The lowest BCUT2D eigenvalue weighted by atomic mass is 9.85. The molecule has 6 nitrogen and oxygen atoms in total. The molecule has 1 saturated heterocycles. The van der Waals surface area contributed by atoms with E-state index in [9.17, 15) is 27.9 Å². The van der Waals surface area contributed by atoms with Crippen LogP contribution in [-0.4, -0.2) is 46.6 Å². The average molecular weight is 426 g/mol. The topological polar surface area (TPSA) is 79.7 Å². The fourth-order valence-corrected chi connectivity index (χ4v) is 5.19. The van der Waals surface area contributed by atoms with Crippen LogP contribution in [0.25, 0.3) is 0 Å². The summed E-state index contributed by atoms with van der Waals surface area (Å²) in [5.41, 5.74) is -1.41. The molecular formula is C19H17F3N2O4S. The minimum absolute atomic E-state index is 0.213. The van der Waals surface area contributed by atoms with Gasteiger partial charge in [-0.25, -0.2) is 4.79 Å². The minimum Gasteiger partial charge on any atom is -0.477 e. The van der Waals surface area contributed by atoms with Crippen LogP contribution in [0, 0.1) is 0 Å². The van der Waals surface area contributed by atoms with Crippen LogP contribution in [0.1, 0.15) is 49.0 Å². The normalized spacial score (nSPS) is 18.5. The molecule has 0 saturated carbocycles. The Kier molecular flexibility index (Phi) is 4.86. The zero-order valence-corrected chi connectivity index (χ0v) is 16.0. The molecule has 1 amide bonds. The molecule has 2 aliphatic heterocycles. The standard InChI is InChI=1S/C19H17F3N2O4S/c20-19(21,22)14-12(2-1-6-23-14)16(25)24-7-4-18(5-8-24)15-11(3-9-28-18)10-13(29-15)17(26)27/h1-2,6,10H,3-5,7-9H2,(H,26,27). The van der Waals surface area contributed by atoms with Gasteiger partial charge in [0.25, 0.3) is 5.91 Å². The van der Waals surface area contributed by atoms with Crippen LogP contribution in [0.4, 0.5) is 13.2 Å². The first-order chi connectivity index (χ1) is 13.7. The van der Waals surface area contributed by atoms with Gasteiger partial charge in [0, 0.05) is 24.2 Å². The quantitative estimate of drug-likeness (QED) is 0.794. The molecule has 4 rings (SSSR count). The Morgan fingerprint density at radius 3 is 2.66 bits per heavy atom. The van der Waals surface area contributed by atoms with E-state index >= 15 is 0 Å². The number of likely N-dealkylation sites (tertiary alicyclic amines) is 1. The number of carboxylic acid groups (broad SMARTS) is 1. The maximum atomic E-state index is 13.2. The molecule has 2 aromatic heterocycles. The van der Waals surface area contributed by atoms with Gasteiger partial charge in [-0.2, -0.15) is 13.2 Å². The van der Waals surface area contributed by atoms with Crippen molar-refractivity contribution in [3.8, 4) is 0 Å². The van der Waals surface area contributed by atoms with Gasteiger partial charge in [0.05, 0.1) is 12.2 Å². The molecule has 1 N–H and O–H groups in total. The number of halogens is 3. The maximum absolute atomic E-state index is 13.2. The summed E-state index contributed by atoms with van der Waals surface area (Å²) >= 11 is 1.17. The van der Waals surface area contributed by atoms with E-state index in [1.165, 1.54) is 22.3 Å². The van der Waals surface area contributed by atoms with Gasteiger partial charge >= 0.3 is 12.1 Å². The lowest BCUT2D eigenvalue weighted by Gasteiger charge is -2.43. The number of carbonyl (C=O) groups excluding carboxylic acids is 1. The number of rotatable bonds is 2. The number of alkyl halides is 3.